The van der Waals surface area contributed by atoms with E-state index >= 15 is 0 Å². The second kappa shape index (κ2) is 15.3. The van der Waals surface area contributed by atoms with Gasteiger partial charge in [-0.15, -0.1) is 0 Å². The molecule has 0 aliphatic rings. The third-order valence-electron chi connectivity index (χ3n) is 12.4. The average Bonchev–Trinajstić information content (AvgIpc) is 3.91. The lowest BCUT2D eigenvalue weighted by Crippen LogP contribution is -2.11. The van der Waals surface area contributed by atoms with Crippen LogP contribution in [0.1, 0.15) is 0 Å². The van der Waals surface area contributed by atoms with Gasteiger partial charge in [0.25, 0.3) is 0 Å². The Bertz CT molecular complexity index is 3580. The van der Waals surface area contributed by atoms with Crippen LogP contribution in [0.3, 0.4) is 0 Å². The number of para-hydroxylation sites is 6. The van der Waals surface area contributed by atoms with Crippen molar-refractivity contribution < 1.29 is 4.42 Å². The summed E-state index contributed by atoms with van der Waals surface area (Å²) < 4.78 is 9.06. The molecule has 10 aromatic carbocycles. The number of fused-ring (bicyclic) bond motifs is 6. The second-order valence-corrected chi connectivity index (χ2v) is 16.1. The summed E-state index contributed by atoms with van der Waals surface area (Å²) in [7, 11) is 0. The van der Waals surface area contributed by atoms with Crippen LogP contribution >= 0.6 is 0 Å². The van der Waals surface area contributed by atoms with E-state index in [1.165, 1.54) is 38.5 Å². The summed E-state index contributed by atoms with van der Waals surface area (Å²) in [5.41, 5.74) is 17.6. The highest BCUT2D eigenvalue weighted by molar-refractivity contribution is 6.11. The number of furan rings is 1. The lowest BCUT2D eigenvalue weighted by molar-refractivity contribution is 0.670. The molecule has 0 unspecified atom stereocenters. The fourth-order valence-corrected chi connectivity index (χ4v) is 9.50. The van der Waals surface area contributed by atoms with Crippen molar-refractivity contribution in [1.82, 2.24) is 4.57 Å². The van der Waals surface area contributed by atoms with Gasteiger partial charge in [-0.3, -0.25) is 0 Å². The third kappa shape index (κ3) is 6.29. The summed E-state index contributed by atoms with van der Waals surface area (Å²) in [6, 6.07) is 87.1. The Hall–Kier alpha value is -8.40. The highest BCUT2D eigenvalue weighted by Crippen LogP contribution is 2.46. The van der Waals surface area contributed by atoms with Crippen molar-refractivity contribution in [1.29, 1.82) is 0 Å². The molecule has 0 atom stereocenters. The summed E-state index contributed by atoms with van der Waals surface area (Å²) in [5.74, 6) is 0. The van der Waals surface area contributed by atoms with E-state index in [0.29, 0.717) is 0 Å². The minimum atomic E-state index is 0.884. The van der Waals surface area contributed by atoms with Gasteiger partial charge in [0, 0.05) is 49.6 Å². The van der Waals surface area contributed by atoms with Crippen LogP contribution in [0, 0.1) is 0 Å². The number of hydrogen-bond donors (Lipinski definition) is 0. The Morgan fingerprint density at radius 3 is 1.63 bits per heavy atom. The molecule has 0 fully saturated rings. The first-order valence-electron chi connectivity index (χ1n) is 21.5. The lowest BCUT2D eigenvalue weighted by Gasteiger charge is -2.28. The van der Waals surface area contributed by atoms with Crippen molar-refractivity contribution in [2.24, 2.45) is 0 Å². The zero-order valence-electron chi connectivity index (χ0n) is 34.4. The van der Waals surface area contributed by atoms with Crippen molar-refractivity contribution in [3.8, 4) is 50.2 Å². The minimum Gasteiger partial charge on any atom is -0.455 e. The SMILES string of the molecule is c1ccc(-c2cccc(-c3cccc(N(c4ccc(-c5ccccc5-n5c6ccccc6c6ccccc65)cc4)c4ccccc4-c4cccc5c4oc4ccccc45)c3)c2)cc1. The highest BCUT2D eigenvalue weighted by Gasteiger charge is 2.22. The number of hydrogen-bond acceptors (Lipinski definition) is 2. The molecule has 0 aliphatic heterocycles. The first-order chi connectivity index (χ1) is 31.3. The third-order valence-corrected chi connectivity index (χ3v) is 12.4. The van der Waals surface area contributed by atoms with Crippen molar-refractivity contribution in [2.45, 2.75) is 0 Å². The standard InChI is InChI=1S/C60H40N2O/c1-2-17-41(18-3-1)43-19-14-20-44(39-43)45-21-15-22-47(40-45)61(56-31-10-7-26-51(56)53-28-16-29-54-52-27-8-13-34-59(52)63-60(53)54)46-37-35-42(36-38-46)48-23-4-9-30-55(48)62-57-32-11-5-24-49(57)50-25-6-12-33-58(50)62/h1-40H. The quantitative estimate of drug-likeness (QED) is 0.153. The molecular weight excluding hydrogens is 765 g/mol. The van der Waals surface area contributed by atoms with Crippen molar-refractivity contribution >= 4 is 60.8 Å². The van der Waals surface area contributed by atoms with Crippen molar-refractivity contribution in [3.63, 3.8) is 0 Å². The zero-order valence-corrected chi connectivity index (χ0v) is 34.4. The summed E-state index contributed by atoms with van der Waals surface area (Å²) >= 11 is 0. The Morgan fingerprint density at radius 1 is 0.317 bits per heavy atom. The van der Waals surface area contributed by atoms with Gasteiger partial charge in [-0.2, -0.15) is 0 Å². The molecule has 2 aromatic heterocycles. The lowest BCUT2D eigenvalue weighted by atomic mass is 9.97. The van der Waals surface area contributed by atoms with Gasteiger partial charge in [-0.25, -0.2) is 0 Å². The van der Waals surface area contributed by atoms with Gasteiger partial charge in [-0.05, 0) is 88.5 Å². The van der Waals surface area contributed by atoms with Gasteiger partial charge in [0.05, 0.1) is 22.4 Å². The topological polar surface area (TPSA) is 21.3 Å². The number of aromatic nitrogens is 1. The van der Waals surface area contributed by atoms with E-state index in [0.717, 1.165) is 72.5 Å². The monoisotopic (exact) mass is 804 g/mol. The van der Waals surface area contributed by atoms with Crippen LogP contribution < -0.4 is 4.90 Å². The van der Waals surface area contributed by atoms with Gasteiger partial charge in [0.2, 0.25) is 0 Å². The maximum Gasteiger partial charge on any atom is 0.143 e. The fourth-order valence-electron chi connectivity index (χ4n) is 9.50. The predicted octanol–water partition coefficient (Wildman–Crippen LogP) is 16.8. The molecule has 296 valence electrons. The van der Waals surface area contributed by atoms with E-state index < -0.39 is 0 Å². The maximum atomic E-state index is 6.65. The van der Waals surface area contributed by atoms with Gasteiger partial charge in [-0.1, -0.05) is 182 Å². The Labute approximate surface area is 366 Å². The summed E-state index contributed by atoms with van der Waals surface area (Å²) in [6.07, 6.45) is 0. The van der Waals surface area contributed by atoms with E-state index in [1.54, 1.807) is 0 Å². The van der Waals surface area contributed by atoms with E-state index in [1.807, 2.05) is 6.07 Å². The zero-order chi connectivity index (χ0) is 41.7. The second-order valence-electron chi connectivity index (χ2n) is 16.1. The molecule has 12 aromatic rings. The molecule has 0 saturated carbocycles. The fraction of sp³-hybridized carbons (Fsp3) is 0. The molecule has 0 saturated heterocycles. The van der Waals surface area contributed by atoms with Gasteiger partial charge in [0.1, 0.15) is 11.2 Å². The van der Waals surface area contributed by atoms with Gasteiger partial charge in [0.15, 0.2) is 0 Å². The van der Waals surface area contributed by atoms with Gasteiger partial charge >= 0.3 is 0 Å². The molecule has 3 nitrogen and oxygen atoms in total. The Morgan fingerprint density at radius 2 is 0.857 bits per heavy atom. The van der Waals surface area contributed by atoms with Crippen LogP contribution in [0.2, 0.25) is 0 Å². The Kier molecular flexibility index (Phi) is 8.83. The van der Waals surface area contributed by atoms with E-state index in [9.17, 15) is 0 Å². The molecule has 0 amide bonds. The molecule has 0 N–H and O–H groups in total. The average molecular weight is 805 g/mol. The summed E-state index contributed by atoms with van der Waals surface area (Å²) in [4.78, 5) is 2.39. The Balaban J connectivity index is 1.02. The number of benzene rings is 10. The van der Waals surface area contributed by atoms with Crippen LogP contribution in [0.15, 0.2) is 247 Å². The molecule has 2 heterocycles. The molecule has 0 radical (unpaired) electrons. The largest absolute Gasteiger partial charge is 0.455 e. The van der Waals surface area contributed by atoms with E-state index in [4.69, 9.17) is 4.42 Å². The molecule has 3 heteroatoms. The first-order valence-corrected chi connectivity index (χ1v) is 21.5. The number of rotatable bonds is 8. The van der Waals surface area contributed by atoms with Crippen LogP contribution in [0.4, 0.5) is 17.1 Å². The van der Waals surface area contributed by atoms with Crippen molar-refractivity contribution in [2.75, 3.05) is 4.90 Å². The maximum absolute atomic E-state index is 6.65. The van der Waals surface area contributed by atoms with Crippen LogP contribution in [-0.2, 0) is 0 Å². The minimum absolute atomic E-state index is 0.884. The van der Waals surface area contributed by atoms with Crippen LogP contribution in [0.5, 0.6) is 0 Å². The molecule has 0 aliphatic carbocycles. The summed E-state index contributed by atoms with van der Waals surface area (Å²) in [6.45, 7) is 0. The van der Waals surface area contributed by atoms with E-state index in [-0.39, 0.29) is 0 Å². The van der Waals surface area contributed by atoms with Crippen LogP contribution in [-0.4, -0.2) is 4.57 Å². The normalized spacial score (nSPS) is 11.5. The van der Waals surface area contributed by atoms with Crippen molar-refractivity contribution in [3.05, 3.63) is 243 Å². The number of nitrogens with zero attached hydrogens (tertiary/aromatic N) is 2. The summed E-state index contributed by atoms with van der Waals surface area (Å²) in [5, 5.41) is 4.72. The number of anilines is 3. The molecular formula is C60H40N2O. The van der Waals surface area contributed by atoms with Gasteiger partial charge < -0.3 is 13.9 Å². The van der Waals surface area contributed by atoms with Crippen LogP contribution in [0.25, 0.3) is 93.9 Å². The van der Waals surface area contributed by atoms with E-state index in [2.05, 4.69) is 246 Å². The predicted molar refractivity (Wildman–Crippen MR) is 264 cm³/mol. The molecule has 0 spiro atoms. The first kappa shape index (κ1) is 36.5. The highest BCUT2D eigenvalue weighted by atomic mass is 16.3. The molecule has 0 bridgehead atoms. The molecule has 63 heavy (non-hydrogen) atoms. The smallest absolute Gasteiger partial charge is 0.143 e. The molecule has 12 rings (SSSR count).